The first-order valence-corrected chi connectivity index (χ1v) is 25.0. The highest BCUT2D eigenvalue weighted by molar-refractivity contribution is 7.89. The van der Waals surface area contributed by atoms with Gasteiger partial charge in [-0.15, -0.1) is 0 Å². The second kappa shape index (κ2) is 7.44. The van der Waals surface area contributed by atoms with Gasteiger partial charge in [0.25, 0.3) is 0 Å². The average Bonchev–Trinajstić information content (AvgIpc) is 3.16. The van der Waals surface area contributed by atoms with Gasteiger partial charge in [-0.05, 0) is 12.3 Å². The number of esters is 2. The fourth-order valence-electron chi connectivity index (χ4n) is 5.74. The first kappa shape index (κ1) is 22.8. The number of hydrogen-bond donors (Lipinski definition) is 0. The molecule has 0 aliphatic heterocycles. The molecule has 1 fully saturated rings. The second-order valence-electron chi connectivity index (χ2n) is 10.6. The van der Waals surface area contributed by atoms with Crippen LogP contribution in [0, 0.1) is 11.8 Å². The van der Waals surface area contributed by atoms with Gasteiger partial charge < -0.3 is 9.47 Å². The van der Waals surface area contributed by atoms with Crippen LogP contribution in [0.1, 0.15) is 6.42 Å². The predicted octanol–water partition coefficient (Wildman–Crippen LogP) is 4.04. The first-order chi connectivity index (χ1) is 11.1. The number of methoxy groups -OCH3 is 1. The van der Waals surface area contributed by atoms with Crippen molar-refractivity contribution >= 4 is 41.3 Å². The fourth-order valence-corrected chi connectivity index (χ4v) is 104. The molecular formula is C17H38O4Si4. The van der Waals surface area contributed by atoms with Crippen LogP contribution >= 0.6 is 0 Å². The maximum atomic E-state index is 12.3. The van der Waals surface area contributed by atoms with E-state index in [4.69, 9.17) is 4.74 Å². The Morgan fingerprint density at radius 2 is 1.32 bits per heavy atom. The molecule has 0 saturated heterocycles. The molecule has 2 atom stereocenters. The van der Waals surface area contributed by atoms with Gasteiger partial charge in [0.2, 0.25) is 0 Å². The van der Waals surface area contributed by atoms with E-state index < -0.39 is 35.4 Å². The zero-order chi connectivity index (χ0) is 19.8. The Labute approximate surface area is 157 Å². The summed E-state index contributed by atoms with van der Waals surface area (Å²) in [6.07, 6.45) is 0.953. The fraction of sp³-hybridized carbons (Fsp3) is 0.882. The van der Waals surface area contributed by atoms with Crippen molar-refractivity contribution in [3.05, 3.63) is 0 Å². The number of carbonyl (C=O) groups excluding carboxylic acids is 2. The molecule has 0 aromatic carbocycles. The van der Waals surface area contributed by atoms with E-state index in [0.717, 1.165) is 6.42 Å². The normalized spacial score (nSPS) is 21.7. The molecule has 1 aliphatic carbocycles. The predicted molar refractivity (Wildman–Crippen MR) is 115 cm³/mol. The topological polar surface area (TPSA) is 52.6 Å². The van der Waals surface area contributed by atoms with Gasteiger partial charge in [0.05, 0.1) is 13.0 Å². The van der Waals surface area contributed by atoms with E-state index in [9.17, 15) is 9.59 Å². The molecule has 0 spiro atoms. The third-order valence-corrected chi connectivity index (χ3v) is 80.4. The minimum atomic E-state index is -1.42. The number of carbonyl (C=O) groups is 2. The van der Waals surface area contributed by atoms with E-state index in [1.54, 1.807) is 0 Å². The van der Waals surface area contributed by atoms with E-state index in [2.05, 4.69) is 63.7 Å². The molecule has 1 rings (SSSR count). The molecule has 1 aliphatic rings. The van der Waals surface area contributed by atoms with Gasteiger partial charge in [-0.25, -0.2) is 4.79 Å². The summed E-state index contributed by atoms with van der Waals surface area (Å²) in [5.74, 6) is -0.178. The molecule has 25 heavy (non-hydrogen) atoms. The third kappa shape index (κ3) is 4.75. The van der Waals surface area contributed by atoms with Gasteiger partial charge in [-0.1, -0.05) is 65.0 Å². The van der Waals surface area contributed by atoms with E-state index in [1.807, 2.05) is 0 Å². The van der Waals surface area contributed by atoms with Gasteiger partial charge in [0.1, 0.15) is 0 Å². The van der Waals surface area contributed by atoms with Crippen LogP contribution in [0.5, 0.6) is 0 Å². The van der Waals surface area contributed by atoms with Crippen molar-refractivity contribution in [1.82, 2.24) is 0 Å². The number of rotatable bonds is 8. The van der Waals surface area contributed by atoms with Crippen molar-refractivity contribution in [3.63, 3.8) is 0 Å². The highest BCUT2D eigenvalue weighted by atomic mass is 29.9. The maximum Gasteiger partial charge on any atom is 0.344 e. The summed E-state index contributed by atoms with van der Waals surface area (Å²) in [6, 6.07) is 1.31. The van der Waals surface area contributed by atoms with E-state index in [1.165, 1.54) is 13.2 Å². The maximum absolute atomic E-state index is 12.3. The van der Waals surface area contributed by atoms with Crippen LogP contribution in [0.15, 0.2) is 0 Å². The highest BCUT2D eigenvalue weighted by Gasteiger charge is 2.64. The second-order valence-corrected chi connectivity index (χ2v) is 52.0. The lowest BCUT2D eigenvalue weighted by molar-refractivity contribution is -0.158. The summed E-state index contributed by atoms with van der Waals surface area (Å²) >= 11 is 0. The Morgan fingerprint density at radius 3 is 1.68 bits per heavy atom. The molecule has 0 unspecified atom stereocenters. The van der Waals surface area contributed by atoms with Crippen molar-refractivity contribution in [2.24, 2.45) is 11.8 Å². The Bertz CT molecular complexity index is 478. The van der Waals surface area contributed by atoms with E-state index in [-0.39, 0.29) is 18.5 Å². The molecule has 0 heterocycles. The molecular weight excluding hydrogens is 381 g/mol. The minimum absolute atomic E-state index is 0.0144. The Balaban J connectivity index is 2.96. The average molecular weight is 419 g/mol. The first-order valence-electron chi connectivity index (χ1n) is 9.32. The van der Waals surface area contributed by atoms with Gasteiger partial charge in [0, 0.05) is 29.4 Å². The SMILES string of the molecule is COC(=O)COC(=O)[C@@H]1C[C@H]1C[Si]([Si](C)(C)C)([Si](C)(C)C)[Si](C)(C)C. The molecule has 146 valence electrons. The van der Waals surface area contributed by atoms with Crippen LogP contribution < -0.4 is 0 Å². The van der Waals surface area contributed by atoms with Crippen LogP contribution in [-0.2, 0) is 19.1 Å². The zero-order valence-corrected chi connectivity index (χ0v) is 21.9. The quantitative estimate of drug-likeness (QED) is 0.441. The zero-order valence-electron chi connectivity index (χ0n) is 17.9. The van der Waals surface area contributed by atoms with Gasteiger partial charge in [-0.2, -0.15) is 0 Å². The van der Waals surface area contributed by atoms with Crippen molar-refractivity contribution in [3.8, 4) is 0 Å². The minimum Gasteiger partial charge on any atom is -0.466 e. The summed E-state index contributed by atoms with van der Waals surface area (Å²) in [7, 11) is -2.59. The van der Waals surface area contributed by atoms with Gasteiger partial charge in [0.15, 0.2) is 6.61 Å². The van der Waals surface area contributed by atoms with Gasteiger partial charge >= 0.3 is 11.9 Å². The van der Waals surface area contributed by atoms with Crippen LogP contribution in [0.25, 0.3) is 0 Å². The summed E-state index contributed by atoms with van der Waals surface area (Å²) in [4.78, 5) is 23.5. The van der Waals surface area contributed by atoms with Gasteiger partial charge in [-0.3, -0.25) is 4.79 Å². The summed E-state index contributed by atoms with van der Waals surface area (Å²) < 4.78 is 9.71. The summed E-state index contributed by atoms with van der Waals surface area (Å²) in [5, 5.41) is 0. The molecule has 1 saturated carbocycles. The lowest BCUT2D eigenvalue weighted by Gasteiger charge is -2.58. The third-order valence-electron chi connectivity index (χ3n) is 6.19. The van der Waals surface area contributed by atoms with Crippen LogP contribution in [0.3, 0.4) is 0 Å². The van der Waals surface area contributed by atoms with Crippen molar-refractivity contribution < 1.29 is 19.1 Å². The monoisotopic (exact) mass is 418 g/mol. The lowest BCUT2D eigenvalue weighted by Crippen LogP contribution is -2.82. The lowest BCUT2D eigenvalue weighted by atomic mass is 10.3. The van der Waals surface area contributed by atoms with Crippen molar-refractivity contribution in [2.75, 3.05) is 13.7 Å². The molecule has 0 radical (unpaired) electrons. The van der Waals surface area contributed by atoms with E-state index in [0.29, 0.717) is 5.92 Å². The molecule has 0 bridgehead atoms. The van der Waals surface area contributed by atoms with Crippen LogP contribution in [0.4, 0.5) is 0 Å². The van der Waals surface area contributed by atoms with E-state index >= 15 is 0 Å². The largest absolute Gasteiger partial charge is 0.466 e. The van der Waals surface area contributed by atoms with Crippen molar-refractivity contribution in [1.29, 1.82) is 0 Å². The summed E-state index contributed by atoms with van der Waals surface area (Å²) in [6.45, 7) is 21.6. The highest BCUT2D eigenvalue weighted by Crippen LogP contribution is 2.51. The standard InChI is InChI=1S/C17H38O4Si4/c1-20-16(18)12-21-17(19)15-11-14(15)13-25(22(2,3)4,23(5,6)7)24(8,9)10/h14-15H,11-13H2,1-10H3/t14-,15+/m0/s1. The van der Waals surface area contributed by atoms with Crippen LogP contribution in [0.2, 0.25) is 65.0 Å². The Kier molecular flexibility index (Phi) is 6.80. The Morgan fingerprint density at radius 1 is 0.880 bits per heavy atom. The molecule has 0 amide bonds. The summed E-state index contributed by atoms with van der Waals surface area (Å²) in [5.41, 5.74) is 0. The Hall–Kier alpha value is -0.192. The number of ether oxygens (including phenoxy) is 2. The molecule has 4 nitrogen and oxygen atoms in total. The number of hydrogen-bond acceptors (Lipinski definition) is 4. The van der Waals surface area contributed by atoms with Crippen molar-refractivity contribution in [2.45, 2.75) is 71.4 Å². The molecule has 0 aromatic heterocycles. The molecule has 0 N–H and O–H groups in total. The molecule has 0 aromatic rings. The van der Waals surface area contributed by atoms with Crippen LogP contribution in [-0.4, -0.2) is 55.1 Å². The molecule has 8 heteroatoms. The smallest absolute Gasteiger partial charge is 0.344 e.